The maximum atomic E-state index is 14.2. The average Bonchev–Trinajstić information content (AvgIpc) is 3.35. The Morgan fingerprint density at radius 2 is 1.58 bits per heavy atom. The summed E-state index contributed by atoms with van der Waals surface area (Å²) in [6, 6.07) is 29.6. The van der Waals surface area contributed by atoms with Crippen LogP contribution in [0.2, 0.25) is 0 Å². The lowest BCUT2D eigenvalue weighted by Crippen LogP contribution is -2.53. The number of ether oxygens (including phenoxy) is 4. The molecule has 376 valence electrons. The zero-order chi connectivity index (χ0) is 50.1. The van der Waals surface area contributed by atoms with Gasteiger partial charge in [-0.15, -0.1) is 0 Å². The van der Waals surface area contributed by atoms with Crippen molar-refractivity contribution in [1.82, 2.24) is 19.8 Å². The van der Waals surface area contributed by atoms with Gasteiger partial charge >= 0.3 is 5.97 Å². The monoisotopic (exact) mass is 969 g/mol. The lowest BCUT2D eigenvalue weighted by atomic mass is 9.84. The Labute approximate surface area is 411 Å². The van der Waals surface area contributed by atoms with Crippen LogP contribution in [0, 0.1) is 24.2 Å². The second-order valence-corrected chi connectivity index (χ2v) is 21.3. The van der Waals surface area contributed by atoms with Gasteiger partial charge in [0, 0.05) is 44.3 Å². The number of carbonyl (C=O) groups excluding carboxylic acids is 3. The van der Waals surface area contributed by atoms with E-state index in [1.807, 2.05) is 100 Å². The first-order chi connectivity index (χ1) is 33.0. The van der Waals surface area contributed by atoms with Crippen LogP contribution in [0.1, 0.15) is 102 Å². The van der Waals surface area contributed by atoms with E-state index in [9.17, 15) is 22.8 Å². The van der Waals surface area contributed by atoms with Gasteiger partial charge in [-0.2, -0.15) is 4.31 Å². The summed E-state index contributed by atoms with van der Waals surface area (Å²) < 4.78 is 53.2. The van der Waals surface area contributed by atoms with Crippen molar-refractivity contribution in [1.29, 1.82) is 0 Å². The standard InChI is InChI=1S/C55H76N4O9S/c1-10-55(6,7)52(60)53(61)59-31-15-14-21-48(59)54(62)68-49(28-24-43-25-29-50(65-8)51(34-43)66-9)44-19-16-20-45(35-44)67-32-30-56-38-57-47(33-42-17-12-11-13-18-42)41(5)37-58(36-39(2)3)69(63,64)46-26-22-40(4)23-27-46/h11-13,16-20,22-23,25-27,29,34-35,39,41,47-49,56-57H,10,14-15,21,24,28,30-33,36-38H2,1-9H3/t41-,47+,48+,49-/m1/s1. The van der Waals surface area contributed by atoms with Gasteiger partial charge in [0.15, 0.2) is 11.5 Å². The maximum absolute atomic E-state index is 14.2. The Morgan fingerprint density at radius 3 is 2.26 bits per heavy atom. The number of esters is 1. The summed E-state index contributed by atoms with van der Waals surface area (Å²) >= 11 is 0. The maximum Gasteiger partial charge on any atom is 0.329 e. The fraction of sp³-hybridized carbons (Fsp3) is 0.509. The van der Waals surface area contributed by atoms with Crippen LogP contribution in [0.4, 0.5) is 0 Å². The van der Waals surface area contributed by atoms with Gasteiger partial charge < -0.3 is 34.5 Å². The SMILES string of the molecule is CCC(C)(C)C(=O)C(=O)N1CCCC[C@H]1C(=O)O[C@H](CCc1ccc(OC)c(OC)c1)c1cccc(OCCNCN[C@@H](Cc2ccccc2)[C@H](C)CN(CC(C)C)S(=O)(=O)c2ccc(C)cc2)c1. The van der Waals surface area contributed by atoms with Gasteiger partial charge in [-0.05, 0) is 117 Å². The predicted octanol–water partition coefficient (Wildman–Crippen LogP) is 8.73. The van der Waals surface area contributed by atoms with Crippen LogP contribution >= 0.6 is 0 Å². The molecular formula is C55H76N4O9S. The molecule has 4 atom stereocenters. The quantitative estimate of drug-likeness (QED) is 0.0256. The highest BCUT2D eigenvalue weighted by Gasteiger charge is 2.41. The van der Waals surface area contributed by atoms with Crippen molar-refractivity contribution in [3.8, 4) is 17.2 Å². The van der Waals surface area contributed by atoms with Crippen molar-refractivity contribution in [2.75, 3.05) is 53.7 Å². The van der Waals surface area contributed by atoms with Crippen molar-refractivity contribution in [3.63, 3.8) is 0 Å². The zero-order valence-corrected chi connectivity index (χ0v) is 43.1. The van der Waals surface area contributed by atoms with E-state index in [4.69, 9.17) is 18.9 Å². The Bertz CT molecular complexity index is 2380. The van der Waals surface area contributed by atoms with Gasteiger partial charge in [0.25, 0.3) is 5.91 Å². The fourth-order valence-electron chi connectivity index (χ4n) is 8.51. The molecule has 1 fully saturated rings. The number of likely N-dealkylation sites (tertiary alicyclic amines) is 1. The number of sulfonamides is 1. The number of nitrogens with one attached hydrogen (secondary N) is 2. The highest BCUT2D eigenvalue weighted by Crippen LogP contribution is 2.33. The molecule has 4 aromatic rings. The number of ketones is 1. The van der Waals surface area contributed by atoms with Gasteiger partial charge in [0.05, 0.1) is 19.1 Å². The highest BCUT2D eigenvalue weighted by atomic mass is 32.2. The zero-order valence-electron chi connectivity index (χ0n) is 42.3. The number of amides is 1. The van der Waals surface area contributed by atoms with Gasteiger partial charge in [-0.1, -0.05) is 108 Å². The first kappa shape index (κ1) is 54.7. The van der Waals surface area contributed by atoms with Crippen LogP contribution in [-0.2, 0) is 42.0 Å². The highest BCUT2D eigenvalue weighted by molar-refractivity contribution is 7.89. The summed E-state index contributed by atoms with van der Waals surface area (Å²) in [6.07, 6.45) is 3.35. The van der Waals surface area contributed by atoms with Crippen molar-refractivity contribution in [2.24, 2.45) is 17.3 Å². The fourth-order valence-corrected chi connectivity index (χ4v) is 10.2. The third-order valence-corrected chi connectivity index (χ3v) is 14.9. The van der Waals surface area contributed by atoms with E-state index in [2.05, 4.69) is 29.7 Å². The van der Waals surface area contributed by atoms with E-state index in [-0.39, 0.29) is 17.9 Å². The minimum Gasteiger partial charge on any atom is -0.493 e. The van der Waals surface area contributed by atoms with Crippen LogP contribution in [0.3, 0.4) is 0 Å². The molecule has 0 radical (unpaired) electrons. The van der Waals surface area contributed by atoms with Crippen LogP contribution in [0.5, 0.6) is 17.2 Å². The molecule has 1 aliphatic rings. The average molecular weight is 969 g/mol. The molecule has 13 nitrogen and oxygen atoms in total. The normalized spacial score (nSPS) is 15.6. The molecule has 2 N–H and O–H groups in total. The van der Waals surface area contributed by atoms with Gasteiger partial charge in [0.1, 0.15) is 24.5 Å². The van der Waals surface area contributed by atoms with Crippen molar-refractivity contribution in [3.05, 3.63) is 119 Å². The Morgan fingerprint density at radius 1 is 0.855 bits per heavy atom. The minimum atomic E-state index is -3.71. The van der Waals surface area contributed by atoms with Crippen LogP contribution in [-0.4, -0.2) is 101 Å². The molecule has 4 aromatic carbocycles. The molecular weight excluding hydrogens is 893 g/mol. The molecule has 1 amide bonds. The number of rotatable bonds is 27. The number of benzene rings is 4. The second-order valence-electron chi connectivity index (χ2n) is 19.3. The third-order valence-electron chi connectivity index (χ3n) is 13.1. The number of piperidine rings is 1. The van der Waals surface area contributed by atoms with Crippen LogP contribution in [0.25, 0.3) is 0 Å². The van der Waals surface area contributed by atoms with E-state index in [1.54, 1.807) is 44.5 Å². The summed E-state index contributed by atoms with van der Waals surface area (Å²) in [5.74, 6) is 0.252. The summed E-state index contributed by atoms with van der Waals surface area (Å²) in [4.78, 5) is 42.8. The third kappa shape index (κ3) is 15.6. The number of hydrogen-bond donors (Lipinski definition) is 2. The molecule has 0 aliphatic carbocycles. The van der Waals surface area contributed by atoms with Crippen LogP contribution in [0.15, 0.2) is 102 Å². The van der Waals surface area contributed by atoms with E-state index in [1.165, 1.54) is 4.90 Å². The van der Waals surface area contributed by atoms with E-state index >= 15 is 0 Å². The molecule has 1 heterocycles. The molecule has 0 unspecified atom stereocenters. The molecule has 0 bridgehead atoms. The summed E-state index contributed by atoms with van der Waals surface area (Å²) in [5.41, 5.74) is 3.02. The summed E-state index contributed by atoms with van der Waals surface area (Å²) in [7, 11) is -0.540. The number of Topliss-reactive ketones (excluding diaryl/α,β-unsaturated/α-hetero) is 1. The first-order valence-electron chi connectivity index (χ1n) is 24.5. The van der Waals surface area contributed by atoms with Crippen LogP contribution < -0.4 is 24.8 Å². The van der Waals surface area contributed by atoms with Gasteiger partial charge in [0.2, 0.25) is 15.8 Å². The van der Waals surface area contributed by atoms with Crippen molar-refractivity contribution < 1.29 is 41.7 Å². The Balaban J connectivity index is 1.26. The van der Waals surface area contributed by atoms with E-state index in [0.717, 1.165) is 35.1 Å². The number of nitrogens with zero attached hydrogens (tertiary/aromatic N) is 2. The molecule has 0 spiro atoms. The molecule has 14 heteroatoms. The van der Waals surface area contributed by atoms with Crippen molar-refractivity contribution >= 4 is 27.7 Å². The van der Waals surface area contributed by atoms with Gasteiger partial charge in [-0.25, -0.2) is 13.2 Å². The smallest absolute Gasteiger partial charge is 0.329 e. The minimum absolute atomic E-state index is 0.0314. The summed E-state index contributed by atoms with van der Waals surface area (Å²) in [5, 5.41) is 7.12. The Hall–Kier alpha value is -5.28. The molecule has 0 saturated carbocycles. The van der Waals surface area contributed by atoms with E-state index < -0.39 is 45.2 Å². The first-order valence-corrected chi connectivity index (χ1v) is 26.0. The second kappa shape index (κ2) is 26.1. The lowest BCUT2D eigenvalue weighted by molar-refractivity contribution is -0.164. The lowest BCUT2D eigenvalue weighted by Gasteiger charge is -2.36. The number of carbonyl (C=O) groups is 3. The number of methoxy groups -OCH3 is 2. The van der Waals surface area contributed by atoms with Crippen molar-refractivity contribution in [2.45, 2.75) is 116 Å². The number of hydrogen-bond acceptors (Lipinski definition) is 11. The molecule has 0 aromatic heterocycles. The molecule has 5 rings (SSSR count). The molecule has 1 aliphatic heterocycles. The van der Waals surface area contributed by atoms with Gasteiger partial charge in [-0.3, -0.25) is 9.59 Å². The largest absolute Gasteiger partial charge is 0.493 e. The topological polar surface area (TPSA) is 153 Å². The van der Waals surface area contributed by atoms with E-state index in [0.29, 0.717) is 93.7 Å². The Kier molecular flexibility index (Phi) is 20.7. The number of aryl methyl sites for hydroxylation is 2. The molecule has 1 saturated heterocycles. The molecule has 69 heavy (non-hydrogen) atoms. The predicted molar refractivity (Wildman–Crippen MR) is 271 cm³/mol. The summed E-state index contributed by atoms with van der Waals surface area (Å²) in [6.45, 7) is 15.9.